The summed E-state index contributed by atoms with van der Waals surface area (Å²) < 4.78 is 5.10. The molecule has 0 atom stereocenters. The van der Waals surface area contributed by atoms with Gasteiger partial charge in [-0.25, -0.2) is 0 Å². The van der Waals surface area contributed by atoms with E-state index in [1.165, 1.54) is 16.8 Å². The number of benzene rings is 2. The minimum atomic E-state index is 0.212. The quantitative estimate of drug-likeness (QED) is 0.935. The second kappa shape index (κ2) is 7.14. The van der Waals surface area contributed by atoms with Crippen LogP contribution >= 0.6 is 0 Å². The van der Waals surface area contributed by atoms with Gasteiger partial charge in [0.15, 0.2) is 11.5 Å². The molecule has 128 valence electrons. The summed E-state index contributed by atoms with van der Waals surface area (Å²) in [6, 6.07) is 12.2. The maximum absolute atomic E-state index is 9.92. The van der Waals surface area contributed by atoms with Crippen molar-refractivity contribution in [1.29, 1.82) is 0 Å². The third-order valence-corrected chi connectivity index (χ3v) is 4.94. The number of nitrogens with zero attached hydrogens (tertiary/aromatic N) is 2. The molecular weight excluding hydrogens is 300 g/mol. The Kier molecular flexibility index (Phi) is 4.95. The fourth-order valence-corrected chi connectivity index (χ4v) is 3.32. The number of aromatic hydroxyl groups is 1. The SMILES string of the molecule is COc1ccc(CN2CCN(c3cccc(C)c3C)CC2)cc1O. The number of anilines is 1. The van der Waals surface area contributed by atoms with Crippen LogP contribution in [0.1, 0.15) is 16.7 Å². The predicted octanol–water partition coefficient (Wildman–Crippen LogP) is 3.34. The second-order valence-corrected chi connectivity index (χ2v) is 6.49. The fourth-order valence-electron chi connectivity index (χ4n) is 3.32. The van der Waals surface area contributed by atoms with E-state index in [-0.39, 0.29) is 5.75 Å². The molecule has 1 N–H and O–H groups in total. The molecule has 1 aliphatic heterocycles. The number of methoxy groups -OCH3 is 1. The molecule has 0 bridgehead atoms. The molecule has 1 saturated heterocycles. The van der Waals surface area contributed by atoms with Crippen LogP contribution in [0.4, 0.5) is 5.69 Å². The van der Waals surface area contributed by atoms with Gasteiger partial charge in [-0.05, 0) is 48.7 Å². The third kappa shape index (κ3) is 3.49. The Morgan fingerprint density at radius 3 is 2.46 bits per heavy atom. The van der Waals surface area contributed by atoms with E-state index in [2.05, 4.69) is 41.8 Å². The van der Waals surface area contributed by atoms with E-state index in [0.29, 0.717) is 5.75 Å². The number of aryl methyl sites for hydroxylation is 1. The molecule has 0 saturated carbocycles. The highest BCUT2D eigenvalue weighted by atomic mass is 16.5. The Labute approximate surface area is 144 Å². The molecule has 2 aromatic carbocycles. The Morgan fingerprint density at radius 2 is 1.79 bits per heavy atom. The second-order valence-electron chi connectivity index (χ2n) is 6.49. The van der Waals surface area contributed by atoms with Crippen molar-refractivity contribution in [2.75, 3.05) is 38.2 Å². The van der Waals surface area contributed by atoms with E-state index in [4.69, 9.17) is 4.74 Å². The first-order chi connectivity index (χ1) is 11.6. The van der Waals surface area contributed by atoms with Gasteiger partial charge in [0.1, 0.15) is 0 Å². The largest absolute Gasteiger partial charge is 0.504 e. The summed E-state index contributed by atoms with van der Waals surface area (Å²) in [5.41, 5.74) is 5.21. The Balaban J connectivity index is 1.61. The van der Waals surface area contributed by atoms with Gasteiger partial charge < -0.3 is 14.7 Å². The van der Waals surface area contributed by atoms with Gasteiger partial charge in [0.05, 0.1) is 7.11 Å². The zero-order chi connectivity index (χ0) is 17.1. The summed E-state index contributed by atoms with van der Waals surface area (Å²) in [6.07, 6.45) is 0. The van der Waals surface area contributed by atoms with E-state index < -0.39 is 0 Å². The van der Waals surface area contributed by atoms with E-state index in [9.17, 15) is 5.11 Å². The van der Waals surface area contributed by atoms with Crippen LogP contribution in [-0.2, 0) is 6.54 Å². The molecule has 0 unspecified atom stereocenters. The van der Waals surface area contributed by atoms with Crippen molar-refractivity contribution in [1.82, 2.24) is 4.90 Å². The van der Waals surface area contributed by atoms with Gasteiger partial charge in [-0.3, -0.25) is 4.90 Å². The first-order valence-corrected chi connectivity index (χ1v) is 8.48. The highest BCUT2D eigenvalue weighted by molar-refractivity contribution is 5.56. The van der Waals surface area contributed by atoms with Gasteiger partial charge >= 0.3 is 0 Å². The smallest absolute Gasteiger partial charge is 0.160 e. The minimum absolute atomic E-state index is 0.212. The van der Waals surface area contributed by atoms with E-state index in [1.54, 1.807) is 13.2 Å². The number of phenols is 1. The average Bonchev–Trinajstić information content (AvgIpc) is 2.58. The third-order valence-electron chi connectivity index (χ3n) is 4.94. The lowest BCUT2D eigenvalue weighted by molar-refractivity contribution is 0.249. The lowest BCUT2D eigenvalue weighted by Crippen LogP contribution is -2.46. The van der Waals surface area contributed by atoms with Crippen molar-refractivity contribution < 1.29 is 9.84 Å². The van der Waals surface area contributed by atoms with Crippen molar-refractivity contribution in [3.63, 3.8) is 0 Å². The lowest BCUT2D eigenvalue weighted by atomic mass is 10.1. The summed E-state index contributed by atoms with van der Waals surface area (Å²) in [6.45, 7) is 9.36. The van der Waals surface area contributed by atoms with Gasteiger partial charge in [0.2, 0.25) is 0 Å². The van der Waals surface area contributed by atoms with Gasteiger partial charge in [0, 0.05) is 38.4 Å². The maximum atomic E-state index is 9.92. The zero-order valence-electron chi connectivity index (χ0n) is 14.7. The molecule has 0 amide bonds. The van der Waals surface area contributed by atoms with Gasteiger partial charge in [-0.1, -0.05) is 18.2 Å². The van der Waals surface area contributed by atoms with E-state index in [1.807, 2.05) is 12.1 Å². The van der Waals surface area contributed by atoms with Gasteiger partial charge in [0.25, 0.3) is 0 Å². The Hall–Kier alpha value is -2.20. The highest BCUT2D eigenvalue weighted by Crippen LogP contribution is 2.27. The van der Waals surface area contributed by atoms with Gasteiger partial charge in [-0.15, -0.1) is 0 Å². The summed E-state index contributed by atoms with van der Waals surface area (Å²) in [5.74, 6) is 0.738. The van der Waals surface area contributed by atoms with Crippen LogP contribution in [0, 0.1) is 13.8 Å². The first-order valence-electron chi connectivity index (χ1n) is 8.48. The molecule has 1 aliphatic rings. The van der Waals surface area contributed by atoms with Crippen LogP contribution in [0.25, 0.3) is 0 Å². The highest BCUT2D eigenvalue weighted by Gasteiger charge is 2.19. The van der Waals surface area contributed by atoms with Crippen LogP contribution in [-0.4, -0.2) is 43.3 Å². The van der Waals surface area contributed by atoms with Gasteiger partial charge in [-0.2, -0.15) is 0 Å². The monoisotopic (exact) mass is 326 g/mol. The number of rotatable bonds is 4. The molecule has 1 fully saturated rings. The minimum Gasteiger partial charge on any atom is -0.504 e. The molecule has 0 aromatic heterocycles. The fraction of sp³-hybridized carbons (Fsp3) is 0.400. The first kappa shape index (κ1) is 16.7. The predicted molar refractivity (Wildman–Crippen MR) is 98.1 cm³/mol. The topological polar surface area (TPSA) is 35.9 Å². The average molecular weight is 326 g/mol. The standard InChI is InChI=1S/C20H26N2O2/c1-15-5-4-6-18(16(15)2)22-11-9-21(10-12-22)14-17-7-8-20(24-3)19(23)13-17/h4-8,13,23H,9-12,14H2,1-3H3. The van der Waals surface area contributed by atoms with Crippen LogP contribution in [0.5, 0.6) is 11.5 Å². The van der Waals surface area contributed by atoms with Crippen molar-refractivity contribution >= 4 is 5.69 Å². The summed E-state index contributed by atoms with van der Waals surface area (Å²) in [5, 5.41) is 9.92. The Bertz CT molecular complexity index is 707. The number of phenolic OH excluding ortho intramolecular Hbond substituents is 1. The number of hydrogen-bond donors (Lipinski definition) is 1. The summed E-state index contributed by atoms with van der Waals surface area (Å²) in [4.78, 5) is 4.91. The molecule has 0 radical (unpaired) electrons. The molecule has 24 heavy (non-hydrogen) atoms. The van der Waals surface area contributed by atoms with Crippen molar-refractivity contribution in [2.45, 2.75) is 20.4 Å². The normalized spacial score (nSPS) is 15.5. The maximum Gasteiger partial charge on any atom is 0.160 e. The molecule has 2 aromatic rings. The van der Waals surface area contributed by atoms with E-state index >= 15 is 0 Å². The van der Waals surface area contributed by atoms with Crippen LogP contribution in [0.15, 0.2) is 36.4 Å². The Morgan fingerprint density at radius 1 is 1.04 bits per heavy atom. The molecule has 0 spiro atoms. The summed E-state index contributed by atoms with van der Waals surface area (Å²) >= 11 is 0. The molecule has 3 rings (SSSR count). The zero-order valence-corrected chi connectivity index (χ0v) is 14.7. The molecule has 1 heterocycles. The van der Waals surface area contributed by atoms with Crippen LogP contribution < -0.4 is 9.64 Å². The van der Waals surface area contributed by atoms with Crippen molar-refractivity contribution in [3.05, 3.63) is 53.1 Å². The molecule has 0 aliphatic carbocycles. The number of hydrogen-bond acceptors (Lipinski definition) is 4. The summed E-state index contributed by atoms with van der Waals surface area (Å²) in [7, 11) is 1.57. The van der Waals surface area contributed by atoms with Crippen molar-refractivity contribution in [2.24, 2.45) is 0 Å². The lowest BCUT2D eigenvalue weighted by Gasteiger charge is -2.37. The van der Waals surface area contributed by atoms with Crippen LogP contribution in [0.3, 0.4) is 0 Å². The number of piperazine rings is 1. The van der Waals surface area contributed by atoms with Crippen LogP contribution in [0.2, 0.25) is 0 Å². The molecule has 4 heteroatoms. The number of ether oxygens (including phenoxy) is 1. The van der Waals surface area contributed by atoms with E-state index in [0.717, 1.165) is 38.3 Å². The molecule has 4 nitrogen and oxygen atoms in total. The molecular formula is C20H26N2O2. The van der Waals surface area contributed by atoms with Crippen molar-refractivity contribution in [3.8, 4) is 11.5 Å².